The zero-order valence-electron chi connectivity index (χ0n) is 10.8. The van der Waals surface area contributed by atoms with Crippen molar-refractivity contribution in [3.05, 3.63) is 35.9 Å². The highest BCUT2D eigenvalue weighted by atomic mass is 16.5. The first-order valence-electron chi connectivity index (χ1n) is 5.83. The Kier molecular flexibility index (Phi) is 8.99. The Bertz CT molecular complexity index is 362. The number of hydrogen-bond acceptors (Lipinski definition) is 3. The van der Waals surface area contributed by atoms with E-state index in [4.69, 9.17) is 10.5 Å². The summed E-state index contributed by atoms with van der Waals surface area (Å²) < 4.78 is 4.82. The van der Waals surface area contributed by atoms with Crippen molar-refractivity contribution in [3.63, 3.8) is 0 Å². The molecule has 0 aliphatic carbocycles. The van der Waals surface area contributed by atoms with Gasteiger partial charge in [0.15, 0.2) is 0 Å². The number of rotatable bonds is 4. The second-order valence-electron chi connectivity index (χ2n) is 3.59. The van der Waals surface area contributed by atoms with Gasteiger partial charge in [-0.05, 0) is 5.56 Å². The summed E-state index contributed by atoms with van der Waals surface area (Å²) in [6.07, 6.45) is 0.595. The summed E-state index contributed by atoms with van der Waals surface area (Å²) in [7, 11) is 0. The van der Waals surface area contributed by atoms with E-state index >= 15 is 0 Å². The quantitative estimate of drug-likeness (QED) is 0.867. The van der Waals surface area contributed by atoms with Crippen molar-refractivity contribution in [1.29, 1.82) is 0 Å². The molecule has 0 spiro atoms. The summed E-state index contributed by atoms with van der Waals surface area (Å²) in [5, 5.41) is 2.22. The average molecular weight is 256 g/mol. The fraction of sp³-hybridized carbons (Fsp3) is 0.385. The standard InChI is InChI=1S/C10H12N2O3.C3H8.2H2/c11-9(13)6-12-10(14)15-7-8-4-2-1-3-5-8;1-3-2;;/h1-5H,6-7H2,(H2,11,13)(H,12,14);3H2,1-2H3;2*1H. The van der Waals surface area contributed by atoms with Crippen molar-refractivity contribution in [2.24, 2.45) is 5.73 Å². The number of benzene rings is 1. The van der Waals surface area contributed by atoms with E-state index in [0.29, 0.717) is 0 Å². The maximum atomic E-state index is 11.0. The lowest BCUT2D eigenvalue weighted by Crippen LogP contribution is -2.33. The Morgan fingerprint density at radius 3 is 2.33 bits per heavy atom. The van der Waals surface area contributed by atoms with Crippen molar-refractivity contribution in [2.45, 2.75) is 26.9 Å². The molecule has 0 unspecified atom stereocenters. The Balaban J connectivity index is -0.000000530. The molecular formula is C13H24N2O3. The van der Waals surface area contributed by atoms with Crippen LogP contribution in [0.25, 0.3) is 0 Å². The van der Waals surface area contributed by atoms with Crippen LogP contribution in [0.4, 0.5) is 4.79 Å². The van der Waals surface area contributed by atoms with Crippen LogP contribution in [0.3, 0.4) is 0 Å². The molecule has 5 nitrogen and oxygen atoms in total. The molecule has 18 heavy (non-hydrogen) atoms. The van der Waals surface area contributed by atoms with E-state index in [1.54, 1.807) is 0 Å². The van der Waals surface area contributed by atoms with Crippen molar-refractivity contribution >= 4 is 12.0 Å². The van der Waals surface area contributed by atoms with Gasteiger partial charge in [-0.2, -0.15) is 0 Å². The number of amides is 2. The maximum absolute atomic E-state index is 11.0. The Labute approximate surface area is 110 Å². The first-order valence-corrected chi connectivity index (χ1v) is 5.83. The zero-order valence-corrected chi connectivity index (χ0v) is 10.8. The van der Waals surface area contributed by atoms with Crippen molar-refractivity contribution < 1.29 is 17.2 Å². The second-order valence-corrected chi connectivity index (χ2v) is 3.59. The second kappa shape index (κ2) is 10.1. The van der Waals surface area contributed by atoms with Gasteiger partial charge in [0, 0.05) is 2.85 Å². The number of nitrogens with two attached hydrogens (primary N) is 1. The van der Waals surface area contributed by atoms with E-state index in [-0.39, 0.29) is 16.0 Å². The van der Waals surface area contributed by atoms with Crippen molar-refractivity contribution in [1.82, 2.24) is 5.32 Å². The van der Waals surface area contributed by atoms with E-state index in [9.17, 15) is 9.59 Å². The molecule has 5 heteroatoms. The van der Waals surface area contributed by atoms with Crippen LogP contribution in [0, 0.1) is 0 Å². The highest BCUT2D eigenvalue weighted by Crippen LogP contribution is 2.00. The van der Waals surface area contributed by atoms with Crippen LogP contribution < -0.4 is 11.1 Å². The first-order chi connectivity index (χ1) is 8.60. The minimum Gasteiger partial charge on any atom is -0.445 e. The van der Waals surface area contributed by atoms with Crippen LogP contribution >= 0.6 is 0 Å². The van der Waals surface area contributed by atoms with Crippen LogP contribution in [0.15, 0.2) is 30.3 Å². The highest BCUT2D eigenvalue weighted by Gasteiger charge is 2.03. The summed E-state index contributed by atoms with van der Waals surface area (Å²) in [6.45, 7) is 4.21. The number of alkyl carbamates (subject to hydrolysis) is 1. The van der Waals surface area contributed by atoms with Crippen LogP contribution in [-0.4, -0.2) is 18.5 Å². The third kappa shape index (κ3) is 9.21. The molecule has 0 aromatic heterocycles. The molecule has 1 rings (SSSR count). The van der Waals surface area contributed by atoms with Crippen LogP contribution in [0.1, 0.15) is 28.7 Å². The number of hydrogen-bond donors (Lipinski definition) is 2. The van der Waals surface area contributed by atoms with Gasteiger partial charge in [-0.3, -0.25) is 4.79 Å². The van der Waals surface area contributed by atoms with Gasteiger partial charge in [0.05, 0.1) is 6.54 Å². The SMILES string of the molecule is CCC.NC(=O)CNC(=O)OCc1ccccc1.[HH].[HH]. The van der Waals surface area contributed by atoms with Gasteiger partial charge >= 0.3 is 6.09 Å². The molecule has 0 aliphatic rings. The van der Waals surface area contributed by atoms with E-state index < -0.39 is 12.0 Å². The molecule has 0 bridgehead atoms. The predicted octanol–water partition coefficient (Wildman–Crippen LogP) is 2.31. The number of carbonyl (C=O) groups excluding carboxylic acids is 2. The Morgan fingerprint density at radius 2 is 1.83 bits per heavy atom. The fourth-order valence-corrected chi connectivity index (χ4v) is 0.933. The lowest BCUT2D eigenvalue weighted by molar-refractivity contribution is -0.117. The summed E-state index contributed by atoms with van der Waals surface area (Å²) in [6, 6.07) is 9.24. The molecule has 104 valence electrons. The predicted molar refractivity (Wildman–Crippen MR) is 74.0 cm³/mol. The minimum absolute atomic E-state index is 0. The van der Waals surface area contributed by atoms with Gasteiger partial charge in [0.2, 0.25) is 5.91 Å². The van der Waals surface area contributed by atoms with E-state index in [1.807, 2.05) is 30.3 Å². The van der Waals surface area contributed by atoms with Crippen molar-refractivity contribution in [2.75, 3.05) is 6.54 Å². The molecular weight excluding hydrogens is 232 g/mol. The van der Waals surface area contributed by atoms with Gasteiger partial charge in [-0.1, -0.05) is 50.6 Å². The third-order valence-corrected chi connectivity index (χ3v) is 1.62. The Hall–Kier alpha value is -2.04. The summed E-state index contributed by atoms with van der Waals surface area (Å²) in [5.74, 6) is -0.605. The van der Waals surface area contributed by atoms with Crippen LogP contribution in [0.5, 0.6) is 0 Å². The molecule has 3 N–H and O–H groups in total. The molecule has 0 saturated heterocycles. The third-order valence-electron chi connectivity index (χ3n) is 1.62. The summed E-state index contributed by atoms with van der Waals surface area (Å²) in [5.41, 5.74) is 5.72. The van der Waals surface area contributed by atoms with E-state index in [1.165, 1.54) is 6.42 Å². The normalized spacial score (nSPS) is 8.78. The number of primary amides is 1. The van der Waals surface area contributed by atoms with Crippen LogP contribution in [-0.2, 0) is 16.1 Å². The molecule has 0 saturated carbocycles. The highest BCUT2D eigenvalue weighted by molar-refractivity contribution is 5.80. The largest absolute Gasteiger partial charge is 0.445 e. The van der Waals surface area contributed by atoms with Crippen LogP contribution in [0.2, 0.25) is 0 Å². The molecule has 0 heterocycles. The molecule has 0 aliphatic heterocycles. The number of carbonyl (C=O) groups is 2. The molecule has 0 radical (unpaired) electrons. The monoisotopic (exact) mass is 256 g/mol. The van der Waals surface area contributed by atoms with Gasteiger partial charge in [0.1, 0.15) is 6.61 Å². The molecule has 2 amide bonds. The van der Waals surface area contributed by atoms with Gasteiger partial charge in [-0.15, -0.1) is 0 Å². The van der Waals surface area contributed by atoms with E-state index in [0.717, 1.165) is 5.56 Å². The van der Waals surface area contributed by atoms with Gasteiger partial charge in [0.25, 0.3) is 0 Å². The fourth-order valence-electron chi connectivity index (χ4n) is 0.933. The minimum atomic E-state index is -0.655. The molecule has 0 atom stereocenters. The lowest BCUT2D eigenvalue weighted by atomic mass is 10.2. The smallest absolute Gasteiger partial charge is 0.407 e. The van der Waals surface area contributed by atoms with Crippen molar-refractivity contribution in [3.8, 4) is 0 Å². The molecule has 0 fully saturated rings. The summed E-state index contributed by atoms with van der Waals surface area (Å²) in [4.78, 5) is 21.3. The zero-order chi connectivity index (χ0) is 13.8. The topological polar surface area (TPSA) is 81.4 Å². The van der Waals surface area contributed by atoms with Gasteiger partial charge < -0.3 is 15.8 Å². The number of nitrogens with one attached hydrogen (secondary N) is 1. The molecule has 1 aromatic rings. The maximum Gasteiger partial charge on any atom is 0.407 e. The van der Waals surface area contributed by atoms with E-state index in [2.05, 4.69) is 19.2 Å². The number of ether oxygens (including phenoxy) is 1. The lowest BCUT2D eigenvalue weighted by Gasteiger charge is -2.05. The van der Waals surface area contributed by atoms with Gasteiger partial charge in [-0.25, -0.2) is 4.79 Å². The summed E-state index contributed by atoms with van der Waals surface area (Å²) >= 11 is 0. The molecule has 1 aromatic carbocycles. The first kappa shape index (κ1) is 16.0. The Morgan fingerprint density at radius 1 is 1.28 bits per heavy atom. The average Bonchev–Trinajstić information content (AvgIpc) is 2.36.